The fourth-order valence-corrected chi connectivity index (χ4v) is 5.82. The van der Waals surface area contributed by atoms with Crippen molar-refractivity contribution in [3.8, 4) is 0 Å². The average molecular weight is 563 g/mol. The first kappa shape index (κ1) is 29.2. The number of nitrogens with zero attached hydrogens (tertiary/aromatic N) is 5. The maximum Gasteiger partial charge on any atom is 0.0841 e. The van der Waals surface area contributed by atoms with Crippen molar-refractivity contribution < 1.29 is 10.2 Å². The molecular weight excluding hydrogens is 524 g/mol. The first-order valence-corrected chi connectivity index (χ1v) is 14.5. The van der Waals surface area contributed by atoms with E-state index >= 15 is 0 Å². The number of hydrogen-bond donors (Lipinski definition) is 3. The third kappa shape index (κ3) is 6.75. The number of aryl methyl sites for hydroxylation is 4. The van der Waals surface area contributed by atoms with E-state index in [2.05, 4.69) is 92.6 Å². The fraction of sp³-hybridized carbons (Fsp3) is 0.294. The molecule has 216 valence electrons. The lowest BCUT2D eigenvalue weighted by Crippen LogP contribution is -2.34. The zero-order chi connectivity index (χ0) is 29.3. The van der Waals surface area contributed by atoms with Crippen molar-refractivity contribution in [2.24, 2.45) is 10.8 Å². The summed E-state index contributed by atoms with van der Waals surface area (Å²) in [5, 5.41) is 23.6. The second-order valence-electron chi connectivity index (χ2n) is 10.7. The van der Waals surface area contributed by atoms with Gasteiger partial charge in [0.05, 0.1) is 25.3 Å². The van der Waals surface area contributed by atoms with Crippen LogP contribution in [0.1, 0.15) is 22.3 Å². The van der Waals surface area contributed by atoms with Gasteiger partial charge in [0.25, 0.3) is 0 Å². The van der Waals surface area contributed by atoms with Gasteiger partial charge in [0.15, 0.2) is 0 Å². The Morgan fingerprint density at radius 1 is 0.619 bits per heavy atom. The summed E-state index contributed by atoms with van der Waals surface area (Å²) in [6, 6.07) is 33.4. The summed E-state index contributed by atoms with van der Waals surface area (Å²) < 4.78 is 0. The van der Waals surface area contributed by atoms with Crippen molar-refractivity contribution in [1.82, 2.24) is 0 Å². The molecule has 2 atom stereocenters. The number of fused-ring (bicyclic) bond motifs is 4. The summed E-state index contributed by atoms with van der Waals surface area (Å²) in [5.41, 5.74) is 23.8. The Hall–Kier alpha value is -4.33. The lowest BCUT2D eigenvalue weighted by Gasteiger charge is -2.28. The summed E-state index contributed by atoms with van der Waals surface area (Å²) in [7, 11) is 0. The molecule has 4 aromatic rings. The van der Waals surface area contributed by atoms with E-state index in [1.807, 2.05) is 24.3 Å². The molecule has 0 spiro atoms. The van der Waals surface area contributed by atoms with Gasteiger partial charge in [-0.2, -0.15) is 0 Å². The molecule has 0 bridgehead atoms. The molecule has 2 aliphatic heterocycles. The molecule has 0 aromatic heterocycles. The summed E-state index contributed by atoms with van der Waals surface area (Å²) in [5.74, 6) is 0. The normalized spacial score (nSPS) is 14.7. The summed E-state index contributed by atoms with van der Waals surface area (Å²) in [6.07, 6.45) is 2.81. The smallest absolute Gasteiger partial charge is 0.0841 e. The molecular formula is C34H38N6O2. The van der Waals surface area contributed by atoms with Crippen LogP contribution in [-0.2, 0) is 25.7 Å². The first-order chi connectivity index (χ1) is 20.6. The Bertz CT molecular complexity index is 1440. The number of azide groups is 1. The van der Waals surface area contributed by atoms with E-state index in [1.165, 1.54) is 33.6 Å². The minimum Gasteiger partial charge on any atom is -0.391 e. The van der Waals surface area contributed by atoms with Crippen LogP contribution in [0.2, 0.25) is 0 Å². The molecule has 0 radical (unpaired) electrons. The quantitative estimate of drug-likeness (QED) is 0.148. The molecule has 2 heterocycles. The maximum atomic E-state index is 10.2. The topological polar surface area (TPSA) is 122 Å². The van der Waals surface area contributed by atoms with Gasteiger partial charge in [0.2, 0.25) is 0 Å². The standard InChI is InChI=1S/C17H18N4O.C17H20N2O/c18-20-19-11-15(22)12-21-16-7-3-1-5-13(16)9-10-14-6-2-4-8-17(14)21;18-11-15(20)12-19-16-7-3-1-5-13(16)9-10-14-6-2-4-8-17(14)19/h1-8,15,22H,9-12H2;1-8,15,20H,9-12,18H2/t2*15-/m00/s1. The number of rotatable bonds is 7. The molecule has 0 unspecified atom stereocenters. The number of para-hydroxylation sites is 4. The highest BCUT2D eigenvalue weighted by Gasteiger charge is 2.23. The van der Waals surface area contributed by atoms with Gasteiger partial charge in [-0.25, -0.2) is 0 Å². The zero-order valence-corrected chi connectivity index (χ0v) is 23.8. The van der Waals surface area contributed by atoms with Crippen LogP contribution in [-0.4, -0.2) is 48.6 Å². The summed E-state index contributed by atoms with van der Waals surface area (Å²) in [4.78, 5) is 7.06. The van der Waals surface area contributed by atoms with Gasteiger partial charge in [-0.1, -0.05) is 77.9 Å². The number of benzene rings is 4. The van der Waals surface area contributed by atoms with Crippen molar-refractivity contribution in [3.63, 3.8) is 0 Å². The Balaban J connectivity index is 0.000000169. The molecule has 2 aliphatic rings. The van der Waals surface area contributed by atoms with E-state index < -0.39 is 12.2 Å². The van der Waals surface area contributed by atoms with Crippen LogP contribution in [0.25, 0.3) is 10.4 Å². The summed E-state index contributed by atoms with van der Waals surface area (Å²) >= 11 is 0. The van der Waals surface area contributed by atoms with Gasteiger partial charge < -0.3 is 25.7 Å². The van der Waals surface area contributed by atoms with Gasteiger partial charge in [0.1, 0.15) is 0 Å². The lowest BCUT2D eigenvalue weighted by atomic mass is 10.0. The third-order valence-corrected chi connectivity index (χ3v) is 7.87. The summed E-state index contributed by atoms with van der Waals surface area (Å²) in [6.45, 7) is 1.30. The number of aliphatic hydroxyl groups is 2. The van der Waals surface area contributed by atoms with E-state index in [9.17, 15) is 10.2 Å². The molecule has 4 N–H and O–H groups in total. The van der Waals surface area contributed by atoms with Gasteiger partial charge in [-0.3, -0.25) is 0 Å². The number of hydrogen-bond acceptors (Lipinski definition) is 6. The molecule has 8 heteroatoms. The van der Waals surface area contributed by atoms with Crippen molar-refractivity contribution in [1.29, 1.82) is 0 Å². The third-order valence-electron chi connectivity index (χ3n) is 7.87. The predicted molar refractivity (Wildman–Crippen MR) is 170 cm³/mol. The van der Waals surface area contributed by atoms with Gasteiger partial charge in [-0.15, -0.1) is 0 Å². The second-order valence-corrected chi connectivity index (χ2v) is 10.7. The first-order valence-electron chi connectivity index (χ1n) is 14.5. The Kier molecular flexibility index (Phi) is 9.74. The van der Waals surface area contributed by atoms with Crippen LogP contribution in [0, 0.1) is 0 Å². The van der Waals surface area contributed by atoms with Crippen LogP contribution in [0.3, 0.4) is 0 Å². The second kappa shape index (κ2) is 14.0. The van der Waals surface area contributed by atoms with Crippen molar-refractivity contribution in [3.05, 3.63) is 130 Å². The largest absolute Gasteiger partial charge is 0.391 e. The lowest BCUT2D eigenvalue weighted by molar-refractivity contribution is 0.190. The number of nitrogens with two attached hydrogens (primary N) is 1. The van der Waals surface area contributed by atoms with Gasteiger partial charge >= 0.3 is 0 Å². The van der Waals surface area contributed by atoms with Crippen molar-refractivity contribution in [2.45, 2.75) is 37.9 Å². The predicted octanol–water partition coefficient (Wildman–Crippen LogP) is 5.84. The number of anilines is 4. The van der Waals surface area contributed by atoms with E-state index in [0.29, 0.717) is 13.1 Å². The van der Waals surface area contributed by atoms with Crippen LogP contribution in [0.4, 0.5) is 22.7 Å². The molecule has 6 rings (SSSR count). The average Bonchev–Trinajstić information content (AvgIpc) is 3.29. The Morgan fingerprint density at radius 2 is 0.952 bits per heavy atom. The van der Waals surface area contributed by atoms with Crippen LogP contribution in [0.15, 0.2) is 102 Å². The Morgan fingerprint density at radius 3 is 1.29 bits per heavy atom. The van der Waals surface area contributed by atoms with Crippen LogP contribution < -0.4 is 15.5 Å². The molecule has 8 nitrogen and oxygen atoms in total. The van der Waals surface area contributed by atoms with E-state index in [4.69, 9.17) is 11.3 Å². The highest BCUT2D eigenvalue weighted by Crippen LogP contribution is 2.37. The molecule has 0 fully saturated rings. The van der Waals surface area contributed by atoms with Crippen molar-refractivity contribution >= 4 is 22.7 Å². The monoisotopic (exact) mass is 562 g/mol. The number of β-amino-alcohol motifs (C(OH)–C–C–N with tert-alkyl or cyclic N) is 2. The zero-order valence-electron chi connectivity index (χ0n) is 23.8. The highest BCUT2D eigenvalue weighted by atomic mass is 16.3. The van der Waals surface area contributed by atoms with Crippen LogP contribution in [0.5, 0.6) is 0 Å². The molecule has 42 heavy (non-hydrogen) atoms. The number of aliphatic hydroxyl groups excluding tert-OH is 2. The van der Waals surface area contributed by atoms with E-state index in [0.717, 1.165) is 37.1 Å². The minimum atomic E-state index is -0.699. The minimum absolute atomic E-state index is 0.0807. The molecule has 4 aromatic carbocycles. The van der Waals surface area contributed by atoms with Gasteiger partial charge in [-0.05, 0) is 77.7 Å². The van der Waals surface area contributed by atoms with Crippen molar-refractivity contribution in [2.75, 3.05) is 36.0 Å². The fourth-order valence-electron chi connectivity index (χ4n) is 5.82. The molecule has 0 saturated heterocycles. The highest BCUT2D eigenvalue weighted by molar-refractivity contribution is 5.72. The maximum absolute atomic E-state index is 10.2. The van der Waals surface area contributed by atoms with E-state index in [1.54, 1.807) is 0 Å². The van der Waals surface area contributed by atoms with Crippen LogP contribution >= 0.6 is 0 Å². The Labute approximate surface area is 247 Å². The van der Waals surface area contributed by atoms with E-state index in [-0.39, 0.29) is 13.1 Å². The SMILES string of the molecule is NC[C@H](O)CN1c2ccccc2CCc2ccccc21.[N-]=[N+]=NC[C@H](O)CN1c2ccccc2CCc2ccccc21. The molecule has 0 aliphatic carbocycles. The van der Waals surface area contributed by atoms with Gasteiger partial charge in [0, 0.05) is 40.8 Å². The molecule has 0 saturated carbocycles. The molecule has 0 amide bonds.